The zero-order valence-corrected chi connectivity index (χ0v) is 18.5. The Morgan fingerprint density at radius 2 is 1.70 bits per heavy atom. The fourth-order valence-corrected chi connectivity index (χ4v) is 5.49. The lowest BCUT2D eigenvalue weighted by Gasteiger charge is -2.31. The van der Waals surface area contributed by atoms with Gasteiger partial charge >= 0.3 is 0 Å². The summed E-state index contributed by atoms with van der Waals surface area (Å²) < 4.78 is 0. The van der Waals surface area contributed by atoms with Crippen LogP contribution in [-0.2, 0) is 17.8 Å². The van der Waals surface area contributed by atoms with E-state index in [1.165, 1.54) is 42.2 Å². The monoisotopic (exact) mass is 422 g/mol. The predicted octanol–water partition coefficient (Wildman–Crippen LogP) is 4.77. The van der Waals surface area contributed by atoms with E-state index in [9.17, 15) is 9.59 Å². The molecule has 1 saturated carbocycles. The van der Waals surface area contributed by atoms with Gasteiger partial charge in [-0.25, -0.2) is 0 Å². The van der Waals surface area contributed by atoms with E-state index in [0.717, 1.165) is 30.7 Å². The first-order valence-corrected chi connectivity index (χ1v) is 12.0. The van der Waals surface area contributed by atoms with Gasteiger partial charge in [0.15, 0.2) is 0 Å². The van der Waals surface area contributed by atoms with Crippen molar-refractivity contribution >= 4 is 23.6 Å². The van der Waals surface area contributed by atoms with E-state index in [1.54, 1.807) is 0 Å². The number of thioether (sulfide) groups is 1. The molecule has 0 N–H and O–H groups in total. The summed E-state index contributed by atoms with van der Waals surface area (Å²) in [7, 11) is 1.93. The largest absolute Gasteiger partial charge is 0.342 e. The Bertz CT molecular complexity index is 908. The molecule has 158 valence electrons. The molecule has 0 spiro atoms. The third-order valence-corrected chi connectivity index (χ3v) is 7.46. The van der Waals surface area contributed by atoms with Gasteiger partial charge in [-0.1, -0.05) is 55.7 Å². The molecule has 1 aliphatic carbocycles. The van der Waals surface area contributed by atoms with E-state index in [4.69, 9.17) is 0 Å². The third-order valence-electron chi connectivity index (χ3n) is 6.40. The maximum Gasteiger partial charge on any atom is 0.255 e. The van der Waals surface area contributed by atoms with Gasteiger partial charge in [-0.3, -0.25) is 9.59 Å². The van der Waals surface area contributed by atoms with Crippen molar-refractivity contribution in [2.75, 3.05) is 19.3 Å². The molecule has 2 aromatic rings. The number of rotatable bonds is 5. The third kappa shape index (κ3) is 4.72. The molecule has 2 aromatic carbocycles. The highest BCUT2D eigenvalue weighted by molar-refractivity contribution is 8.00. The highest BCUT2D eigenvalue weighted by Crippen LogP contribution is 2.28. The van der Waals surface area contributed by atoms with Gasteiger partial charge in [-0.2, -0.15) is 0 Å². The summed E-state index contributed by atoms with van der Waals surface area (Å²) in [5.74, 6) is 0.585. The molecule has 0 bridgehead atoms. The van der Waals surface area contributed by atoms with E-state index in [1.807, 2.05) is 47.2 Å². The number of hydrogen-bond donors (Lipinski definition) is 0. The van der Waals surface area contributed by atoms with Gasteiger partial charge < -0.3 is 9.80 Å². The molecule has 0 saturated heterocycles. The molecule has 2 aliphatic rings. The molecule has 1 aliphatic heterocycles. The first kappa shape index (κ1) is 21.0. The lowest BCUT2D eigenvalue weighted by atomic mass is 9.94. The van der Waals surface area contributed by atoms with Gasteiger partial charge in [0.2, 0.25) is 5.91 Å². The molecular weight excluding hydrogens is 392 g/mol. The summed E-state index contributed by atoms with van der Waals surface area (Å²) >= 11 is 1.49. The van der Waals surface area contributed by atoms with Crippen molar-refractivity contribution in [1.82, 2.24) is 9.80 Å². The van der Waals surface area contributed by atoms with E-state index in [0.29, 0.717) is 23.9 Å². The van der Waals surface area contributed by atoms with Crippen LogP contribution in [0.1, 0.15) is 53.6 Å². The van der Waals surface area contributed by atoms with Gasteiger partial charge in [0.25, 0.3) is 5.91 Å². The molecule has 4 nitrogen and oxygen atoms in total. The van der Waals surface area contributed by atoms with Crippen LogP contribution in [-0.4, -0.2) is 47.0 Å². The average Bonchev–Trinajstić information content (AvgIpc) is 2.82. The van der Waals surface area contributed by atoms with Gasteiger partial charge in [-0.15, -0.1) is 11.8 Å². The molecule has 2 amide bonds. The molecule has 1 heterocycles. The molecule has 4 rings (SSSR count). The van der Waals surface area contributed by atoms with Gasteiger partial charge in [-0.05, 0) is 42.5 Å². The van der Waals surface area contributed by atoms with E-state index in [2.05, 4.69) is 18.2 Å². The van der Waals surface area contributed by atoms with Crippen LogP contribution in [0.5, 0.6) is 0 Å². The highest BCUT2D eigenvalue weighted by atomic mass is 32.2. The Balaban J connectivity index is 1.41. The number of benzene rings is 2. The van der Waals surface area contributed by atoms with Crippen LogP contribution < -0.4 is 0 Å². The first-order chi connectivity index (χ1) is 14.6. The molecule has 0 unspecified atom stereocenters. The number of nitrogens with zero attached hydrogens (tertiary/aromatic N) is 2. The smallest absolute Gasteiger partial charge is 0.255 e. The Kier molecular flexibility index (Phi) is 6.78. The number of carbonyl (C=O) groups excluding carboxylic acids is 2. The lowest BCUT2D eigenvalue weighted by Crippen LogP contribution is -2.39. The molecular formula is C25H30N2O2S. The summed E-state index contributed by atoms with van der Waals surface area (Å²) in [6.07, 6.45) is 6.82. The van der Waals surface area contributed by atoms with Gasteiger partial charge in [0, 0.05) is 31.1 Å². The fourth-order valence-electron chi connectivity index (χ4n) is 4.52. The highest BCUT2D eigenvalue weighted by Gasteiger charge is 2.25. The van der Waals surface area contributed by atoms with Crippen LogP contribution in [0.2, 0.25) is 0 Å². The van der Waals surface area contributed by atoms with Crippen molar-refractivity contribution in [1.29, 1.82) is 0 Å². The van der Waals surface area contributed by atoms with Gasteiger partial charge in [0.05, 0.1) is 11.3 Å². The summed E-state index contributed by atoms with van der Waals surface area (Å²) in [6.45, 7) is 1.38. The molecule has 30 heavy (non-hydrogen) atoms. The minimum atomic E-state index is 0.0562. The SMILES string of the molecule is CN(C(=O)CSc1ccccc1C(=O)N1CCc2ccccc2C1)C1CCCCC1. The summed E-state index contributed by atoms with van der Waals surface area (Å²) in [5.41, 5.74) is 3.27. The molecule has 0 atom stereocenters. The Morgan fingerprint density at radius 3 is 2.50 bits per heavy atom. The Labute approximate surface area is 183 Å². The van der Waals surface area contributed by atoms with Crippen LogP contribution in [0.15, 0.2) is 53.4 Å². The first-order valence-electron chi connectivity index (χ1n) is 11.0. The minimum Gasteiger partial charge on any atom is -0.342 e. The zero-order chi connectivity index (χ0) is 20.9. The van der Waals surface area contributed by atoms with Crippen molar-refractivity contribution in [3.05, 3.63) is 65.2 Å². The number of hydrogen-bond acceptors (Lipinski definition) is 3. The van der Waals surface area contributed by atoms with Crippen LogP contribution >= 0.6 is 11.8 Å². The second kappa shape index (κ2) is 9.69. The van der Waals surface area contributed by atoms with Crippen molar-refractivity contribution in [2.24, 2.45) is 0 Å². The normalized spacial score (nSPS) is 16.8. The fraction of sp³-hybridized carbons (Fsp3) is 0.440. The van der Waals surface area contributed by atoms with E-state index in [-0.39, 0.29) is 11.8 Å². The van der Waals surface area contributed by atoms with Crippen molar-refractivity contribution in [3.8, 4) is 0 Å². The second-order valence-electron chi connectivity index (χ2n) is 8.33. The van der Waals surface area contributed by atoms with Crippen LogP contribution in [0, 0.1) is 0 Å². The lowest BCUT2D eigenvalue weighted by molar-refractivity contribution is -0.129. The quantitative estimate of drug-likeness (QED) is 0.652. The van der Waals surface area contributed by atoms with Crippen molar-refractivity contribution in [3.63, 3.8) is 0 Å². The van der Waals surface area contributed by atoms with Crippen molar-refractivity contribution in [2.45, 2.75) is 56.0 Å². The number of fused-ring (bicyclic) bond motifs is 1. The van der Waals surface area contributed by atoms with Crippen molar-refractivity contribution < 1.29 is 9.59 Å². The maximum absolute atomic E-state index is 13.3. The Morgan fingerprint density at radius 1 is 1.00 bits per heavy atom. The standard InChI is InChI=1S/C25H30N2O2S/c1-26(21-11-3-2-4-12-21)24(28)18-30-23-14-8-7-13-22(23)25(29)27-16-15-19-9-5-6-10-20(19)17-27/h5-10,13-14,21H,2-4,11-12,15-18H2,1H3. The molecule has 5 heteroatoms. The van der Waals surface area contributed by atoms with E-state index >= 15 is 0 Å². The minimum absolute atomic E-state index is 0.0562. The molecule has 1 fully saturated rings. The zero-order valence-electron chi connectivity index (χ0n) is 17.7. The maximum atomic E-state index is 13.3. The Hall–Kier alpha value is -2.27. The summed E-state index contributed by atoms with van der Waals surface area (Å²) in [5, 5.41) is 0. The number of carbonyl (C=O) groups is 2. The van der Waals surface area contributed by atoms with Crippen LogP contribution in [0.25, 0.3) is 0 Å². The molecule has 0 aromatic heterocycles. The van der Waals surface area contributed by atoms with E-state index < -0.39 is 0 Å². The molecule has 0 radical (unpaired) electrons. The van der Waals surface area contributed by atoms with Gasteiger partial charge in [0.1, 0.15) is 0 Å². The van der Waals surface area contributed by atoms with Crippen LogP contribution in [0.3, 0.4) is 0 Å². The summed E-state index contributed by atoms with van der Waals surface area (Å²) in [6, 6.07) is 16.4. The summed E-state index contributed by atoms with van der Waals surface area (Å²) in [4.78, 5) is 30.8. The number of amides is 2. The predicted molar refractivity (Wildman–Crippen MR) is 122 cm³/mol. The second-order valence-corrected chi connectivity index (χ2v) is 9.34. The van der Waals surface area contributed by atoms with Crippen LogP contribution in [0.4, 0.5) is 0 Å². The topological polar surface area (TPSA) is 40.6 Å². The average molecular weight is 423 g/mol.